The molecule has 6 nitrogen and oxygen atoms in total. The summed E-state index contributed by atoms with van der Waals surface area (Å²) in [6.07, 6.45) is 2.55. The predicted octanol–water partition coefficient (Wildman–Crippen LogP) is 2.40. The van der Waals surface area contributed by atoms with Crippen LogP contribution in [-0.4, -0.2) is 47.4 Å². The van der Waals surface area contributed by atoms with Crippen LogP contribution in [0.4, 0.5) is 5.69 Å². The number of nitrogens with zero attached hydrogens (tertiary/aromatic N) is 2. The molecule has 24 heavy (non-hydrogen) atoms. The molecule has 2 saturated heterocycles. The molecule has 1 aromatic carbocycles. The fourth-order valence-electron chi connectivity index (χ4n) is 3.30. The van der Waals surface area contributed by atoms with Crippen molar-refractivity contribution in [3.05, 3.63) is 28.8 Å². The Morgan fingerprint density at radius 2 is 2.00 bits per heavy atom. The second-order valence-corrected chi connectivity index (χ2v) is 6.65. The minimum absolute atomic E-state index is 0.0413. The van der Waals surface area contributed by atoms with E-state index in [1.165, 1.54) is 0 Å². The molecule has 128 valence electrons. The van der Waals surface area contributed by atoms with Crippen LogP contribution in [0.1, 0.15) is 36.0 Å². The molecule has 0 spiro atoms. The van der Waals surface area contributed by atoms with Gasteiger partial charge in [0.2, 0.25) is 5.91 Å². The Labute approximate surface area is 145 Å². The molecule has 2 aliphatic rings. The first-order valence-corrected chi connectivity index (χ1v) is 8.47. The van der Waals surface area contributed by atoms with Gasteiger partial charge in [0, 0.05) is 31.7 Å². The van der Waals surface area contributed by atoms with Gasteiger partial charge in [-0.05, 0) is 37.5 Å². The minimum Gasteiger partial charge on any atom is -0.481 e. The van der Waals surface area contributed by atoms with Gasteiger partial charge in [-0.3, -0.25) is 14.4 Å². The Bertz CT molecular complexity index is 691. The van der Waals surface area contributed by atoms with Gasteiger partial charge in [0.15, 0.2) is 0 Å². The highest BCUT2D eigenvalue weighted by Gasteiger charge is 2.30. The van der Waals surface area contributed by atoms with Crippen molar-refractivity contribution in [3.63, 3.8) is 0 Å². The molecule has 2 fully saturated rings. The zero-order valence-corrected chi connectivity index (χ0v) is 14.0. The van der Waals surface area contributed by atoms with E-state index in [0.717, 1.165) is 6.42 Å². The van der Waals surface area contributed by atoms with Crippen molar-refractivity contribution in [2.75, 3.05) is 24.5 Å². The Kier molecular flexibility index (Phi) is 4.76. The molecular formula is C17H19ClN2O4. The number of carboxylic acids is 1. The average Bonchev–Trinajstić information content (AvgIpc) is 3.01. The zero-order chi connectivity index (χ0) is 17.3. The molecule has 1 aromatic rings. The molecule has 1 N–H and O–H groups in total. The molecule has 2 heterocycles. The summed E-state index contributed by atoms with van der Waals surface area (Å²) in [5.74, 6) is -1.65. The highest BCUT2D eigenvalue weighted by molar-refractivity contribution is 6.34. The maximum absolute atomic E-state index is 12.8. The van der Waals surface area contributed by atoms with E-state index >= 15 is 0 Å². The van der Waals surface area contributed by atoms with Crippen LogP contribution >= 0.6 is 11.6 Å². The van der Waals surface area contributed by atoms with Gasteiger partial charge < -0.3 is 14.9 Å². The number of amides is 2. The SMILES string of the molecule is O=C(O)C1CCCN(C(=O)c2cc(N3CCCC3=O)ccc2Cl)C1. The third kappa shape index (κ3) is 3.24. The quantitative estimate of drug-likeness (QED) is 0.908. The van der Waals surface area contributed by atoms with Crippen molar-refractivity contribution >= 4 is 35.1 Å². The van der Waals surface area contributed by atoms with E-state index < -0.39 is 11.9 Å². The van der Waals surface area contributed by atoms with Crippen molar-refractivity contribution in [2.24, 2.45) is 5.92 Å². The highest BCUT2D eigenvalue weighted by Crippen LogP contribution is 2.28. The topological polar surface area (TPSA) is 77.9 Å². The van der Waals surface area contributed by atoms with E-state index in [1.54, 1.807) is 28.0 Å². The number of anilines is 1. The number of hydrogen-bond donors (Lipinski definition) is 1. The summed E-state index contributed by atoms with van der Waals surface area (Å²) < 4.78 is 0. The zero-order valence-electron chi connectivity index (χ0n) is 13.2. The maximum Gasteiger partial charge on any atom is 0.308 e. The average molecular weight is 351 g/mol. The molecule has 0 radical (unpaired) electrons. The number of carbonyl (C=O) groups excluding carboxylic acids is 2. The van der Waals surface area contributed by atoms with Crippen LogP contribution in [0, 0.1) is 5.92 Å². The molecule has 0 bridgehead atoms. The van der Waals surface area contributed by atoms with Gasteiger partial charge in [0.05, 0.1) is 16.5 Å². The predicted molar refractivity (Wildman–Crippen MR) is 89.3 cm³/mol. The van der Waals surface area contributed by atoms with Crippen molar-refractivity contribution in [3.8, 4) is 0 Å². The van der Waals surface area contributed by atoms with Gasteiger partial charge in [-0.2, -0.15) is 0 Å². The second-order valence-electron chi connectivity index (χ2n) is 6.24. The summed E-state index contributed by atoms with van der Waals surface area (Å²) in [5.41, 5.74) is 0.983. The number of hydrogen-bond acceptors (Lipinski definition) is 3. The van der Waals surface area contributed by atoms with Crippen LogP contribution in [0.5, 0.6) is 0 Å². The Morgan fingerprint density at radius 1 is 1.21 bits per heavy atom. The molecule has 1 atom stereocenters. The first kappa shape index (κ1) is 16.8. The summed E-state index contributed by atoms with van der Waals surface area (Å²) in [6.45, 7) is 1.35. The van der Waals surface area contributed by atoms with Crippen molar-refractivity contribution in [1.29, 1.82) is 0 Å². The molecule has 0 aromatic heterocycles. The Balaban J connectivity index is 1.84. The number of benzene rings is 1. The van der Waals surface area contributed by atoms with Crippen LogP contribution in [0.2, 0.25) is 5.02 Å². The maximum atomic E-state index is 12.8. The van der Waals surface area contributed by atoms with Crippen LogP contribution in [-0.2, 0) is 9.59 Å². The lowest BCUT2D eigenvalue weighted by atomic mass is 9.97. The van der Waals surface area contributed by atoms with Crippen molar-refractivity contribution in [1.82, 2.24) is 4.90 Å². The highest BCUT2D eigenvalue weighted by atomic mass is 35.5. The molecule has 3 rings (SSSR count). The van der Waals surface area contributed by atoms with E-state index in [1.807, 2.05) is 0 Å². The summed E-state index contributed by atoms with van der Waals surface area (Å²) in [7, 11) is 0. The number of halogens is 1. The van der Waals surface area contributed by atoms with Gasteiger partial charge in [0.1, 0.15) is 0 Å². The minimum atomic E-state index is -0.880. The molecule has 0 saturated carbocycles. The molecule has 1 unspecified atom stereocenters. The normalized spacial score (nSPS) is 21.2. The van der Waals surface area contributed by atoms with E-state index in [9.17, 15) is 19.5 Å². The number of aliphatic carboxylic acids is 1. The van der Waals surface area contributed by atoms with E-state index in [4.69, 9.17) is 11.6 Å². The number of piperidine rings is 1. The number of carboxylic acid groups (broad SMARTS) is 1. The summed E-state index contributed by atoms with van der Waals surface area (Å²) in [4.78, 5) is 39.1. The Hall–Kier alpha value is -2.08. The molecular weight excluding hydrogens is 332 g/mol. The smallest absolute Gasteiger partial charge is 0.308 e. The van der Waals surface area contributed by atoms with Crippen LogP contribution in [0.25, 0.3) is 0 Å². The fraction of sp³-hybridized carbons (Fsp3) is 0.471. The van der Waals surface area contributed by atoms with E-state index in [2.05, 4.69) is 0 Å². The summed E-state index contributed by atoms with van der Waals surface area (Å²) >= 11 is 6.19. The van der Waals surface area contributed by atoms with Crippen LogP contribution < -0.4 is 4.90 Å². The van der Waals surface area contributed by atoms with Crippen LogP contribution in [0.15, 0.2) is 18.2 Å². The third-order valence-electron chi connectivity index (χ3n) is 4.62. The standard InChI is InChI=1S/C17H19ClN2O4/c18-14-6-5-12(20-8-2-4-15(20)21)9-13(14)16(22)19-7-1-3-11(10-19)17(23)24/h5-6,9,11H,1-4,7-8,10H2,(H,23,24). The lowest BCUT2D eigenvalue weighted by molar-refractivity contribution is -0.143. The monoisotopic (exact) mass is 350 g/mol. The van der Waals surface area contributed by atoms with Crippen LogP contribution in [0.3, 0.4) is 0 Å². The van der Waals surface area contributed by atoms with Crippen molar-refractivity contribution < 1.29 is 19.5 Å². The lowest BCUT2D eigenvalue weighted by Gasteiger charge is -2.31. The largest absolute Gasteiger partial charge is 0.481 e. The van der Waals surface area contributed by atoms with Gasteiger partial charge in [0.25, 0.3) is 5.91 Å². The fourth-order valence-corrected chi connectivity index (χ4v) is 3.50. The van der Waals surface area contributed by atoms with Crippen molar-refractivity contribution in [2.45, 2.75) is 25.7 Å². The lowest BCUT2D eigenvalue weighted by Crippen LogP contribution is -2.42. The summed E-state index contributed by atoms with van der Waals surface area (Å²) in [6, 6.07) is 4.99. The molecule has 7 heteroatoms. The second kappa shape index (κ2) is 6.81. The molecule has 0 aliphatic carbocycles. The van der Waals surface area contributed by atoms with Gasteiger partial charge in [-0.15, -0.1) is 0 Å². The number of rotatable bonds is 3. The third-order valence-corrected chi connectivity index (χ3v) is 4.95. The van der Waals surface area contributed by atoms with E-state index in [-0.39, 0.29) is 18.4 Å². The Morgan fingerprint density at radius 3 is 2.67 bits per heavy atom. The van der Waals surface area contributed by atoms with Gasteiger partial charge in [-0.1, -0.05) is 11.6 Å². The number of carbonyl (C=O) groups is 3. The molecule has 2 aliphatic heterocycles. The summed E-state index contributed by atoms with van der Waals surface area (Å²) in [5, 5.41) is 9.48. The number of likely N-dealkylation sites (tertiary alicyclic amines) is 1. The first-order chi connectivity index (χ1) is 11.5. The molecule has 2 amide bonds. The first-order valence-electron chi connectivity index (χ1n) is 8.09. The van der Waals surface area contributed by atoms with Gasteiger partial charge in [-0.25, -0.2) is 0 Å². The van der Waals surface area contributed by atoms with Gasteiger partial charge >= 0.3 is 5.97 Å². The van der Waals surface area contributed by atoms with E-state index in [0.29, 0.717) is 48.6 Å².